The molecular weight excluding hydrogens is 222 g/mol. The van der Waals surface area contributed by atoms with Crippen molar-refractivity contribution in [2.24, 2.45) is 5.73 Å². The van der Waals surface area contributed by atoms with E-state index in [9.17, 15) is 14.9 Å². The number of hydrogen-bond acceptors (Lipinski definition) is 4. The van der Waals surface area contributed by atoms with Gasteiger partial charge >= 0.3 is 0 Å². The lowest BCUT2D eigenvalue weighted by molar-refractivity contribution is -0.385. The number of carbonyl (C=O) groups excluding carboxylic acids is 1. The van der Waals surface area contributed by atoms with Crippen LogP contribution in [0.25, 0.3) is 0 Å². The normalized spacial score (nSPS) is 11.0. The summed E-state index contributed by atoms with van der Waals surface area (Å²) >= 11 is 0. The highest BCUT2D eigenvalue weighted by Gasteiger charge is 2.24. The summed E-state index contributed by atoms with van der Waals surface area (Å²) in [5, 5.41) is 13.4. The van der Waals surface area contributed by atoms with E-state index < -0.39 is 16.4 Å². The topological polar surface area (TPSA) is 98.3 Å². The third-order valence-corrected chi connectivity index (χ3v) is 2.31. The Morgan fingerprint density at radius 3 is 2.59 bits per heavy atom. The molecule has 0 radical (unpaired) electrons. The van der Waals surface area contributed by atoms with Crippen molar-refractivity contribution in [1.29, 1.82) is 0 Å². The van der Waals surface area contributed by atoms with Gasteiger partial charge in [0, 0.05) is 18.2 Å². The molecule has 1 aromatic carbocycles. The van der Waals surface area contributed by atoms with Crippen molar-refractivity contribution in [3.63, 3.8) is 0 Å². The third kappa shape index (κ3) is 3.25. The predicted octanol–water partition coefficient (Wildman–Crippen LogP) is 1.06. The highest BCUT2D eigenvalue weighted by Crippen LogP contribution is 2.18. The molecule has 6 heteroatoms. The Kier molecular flexibility index (Phi) is 3.80. The molecule has 1 aromatic rings. The lowest BCUT2D eigenvalue weighted by Gasteiger charge is -2.24. The van der Waals surface area contributed by atoms with Crippen molar-refractivity contribution >= 4 is 11.6 Å². The second-order valence-electron chi connectivity index (χ2n) is 4.32. The first-order chi connectivity index (χ1) is 7.87. The molecule has 0 aliphatic rings. The van der Waals surface area contributed by atoms with Gasteiger partial charge in [0.25, 0.3) is 11.6 Å². The fraction of sp³-hybridized carbons (Fsp3) is 0.364. The van der Waals surface area contributed by atoms with Gasteiger partial charge in [0.15, 0.2) is 0 Å². The molecule has 0 saturated heterocycles. The van der Waals surface area contributed by atoms with Gasteiger partial charge in [-0.25, -0.2) is 0 Å². The zero-order valence-electron chi connectivity index (χ0n) is 9.77. The molecule has 0 spiro atoms. The Balaban J connectivity index is 3.01. The SMILES string of the molecule is CC(C)(CN)NC(=O)c1ccccc1[N+](=O)[O-]. The molecule has 0 unspecified atom stereocenters. The number of hydrogen-bond donors (Lipinski definition) is 2. The summed E-state index contributed by atoms with van der Waals surface area (Å²) < 4.78 is 0. The highest BCUT2D eigenvalue weighted by molar-refractivity contribution is 5.98. The molecule has 6 nitrogen and oxygen atoms in total. The molecule has 0 heterocycles. The minimum Gasteiger partial charge on any atom is -0.346 e. The number of amides is 1. The van der Waals surface area contributed by atoms with E-state index in [-0.39, 0.29) is 17.8 Å². The average molecular weight is 237 g/mol. The minimum absolute atomic E-state index is 0.0408. The van der Waals surface area contributed by atoms with Gasteiger partial charge in [0.1, 0.15) is 5.56 Å². The van der Waals surface area contributed by atoms with Gasteiger partial charge in [-0.2, -0.15) is 0 Å². The number of carbonyl (C=O) groups is 1. The third-order valence-electron chi connectivity index (χ3n) is 2.31. The van der Waals surface area contributed by atoms with Crippen LogP contribution in [0.2, 0.25) is 0 Å². The Hall–Kier alpha value is -1.95. The molecule has 1 amide bonds. The van der Waals surface area contributed by atoms with E-state index in [0.717, 1.165) is 0 Å². The molecule has 0 saturated carbocycles. The van der Waals surface area contributed by atoms with E-state index in [0.29, 0.717) is 0 Å². The summed E-state index contributed by atoms with van der Waals surface area (Å²) in [6, 6.07) is 5.81. The molecule has 92 valence electrons. The fourth-order valence-electron chi connectivity index (χ4n) is 1.25. The van der Waals surface area contributed by atoms with E-state index in [1.807, 2.05) is 0 Å². The smallest absolute Gasteiger partial charge is 0.282 e. The van der Waals surface area contributed by atoms with Gasteiger partial charge in [-0.1, -0.05) is 12.1 Å². The highest BCUT2D eigenvalue weighted by atomic mass is 16.6. The van der Waals surface area contributed by atoms with Crippen molar-refractivity contribution < 1.29 is 9.72 Å². The predicted molar refractivity (Wildman–Crippen MR) is 63.7 cm³/mol. The maximum absolute atomic E-state index is 11.9. The van der Waals surface area contributed by atoms with Crippen LogP contribution in [0.4, 0.5) is 5.69 Å². The van der Waals surface area contributed by atoms with E-state index >= 15 is 0 Å². The number of nitro groups is 1. The summed E-state index contributed by atoms with van der Waals surface area (Å²) in [6.07, 6.45) is 0. The lowest BCUT2D eigenvalue weighted by atomic mass is 10.0. The number of nitrogens with one attached hydrogen (secondary N) is 1. The molecule has 0 atom stereocenters. The quantitative estimate of drug-likeness (QED) is 0.604. The maximum atomic E-state index is 11.9. The van der Waals surface area contributed by atoms with Gasteiger partial charge in [-0.15, -0.1) is 0 Å². The Morgan fingerprint density at radius 2 is 2.06 bits per heavy atom. The first-order valence-corrected chi connectivity index (χ1v) is 5.13. The Bertz CT molecular complexity index is 443. The van der Waals surface area contributed by atoms with Crippen LogP contribution in [0, 0.1) is 10.1 Å². The minimum atomic E-state index is -0.596. The van der Waals surface area contributed by atoms with Crippen LogP contribution in [-0.2, 0) is 0 Å². The first-order valence-electron chi connectivity index (χ1n) is 5.13. The summed E-state index contributed by atoms with van der Waals surface area (Å²) in [6.45, 7) is 3.75. The van der Waals surface area contributed by atoms with E-state index in [1.54, 1.807) is 19.9 Å². The van der Waals surface area contributed by atoms with Crippen molar-refractivity contribution in [2.45, 2.75) is 19.4 Å². The van der Waals surface area contributed by atoms with Gasteiger partial charge in [-0.05, 0) is 19.9 Å². The number of para-hydroxylation sites is 1. The van der Waals surface area contributed by atoms with Crippen LogP contribution in [0.3, 0.4) is 0 Å². The van der Waals surface area contributed by atoms with Gasteiger partial charge in [0.2, 0.25) is 0 Å². The van der Waals surface area contributed by atoms with E-state index in [2.05, 4.69) is 5.32 Å². The number of benzene rings is 1. The zero-order chi connectivity index (χ0) is 13.1. The molecule has 3 N–H and O–H groups in total. The molecule has 0 fully saturated rings. The van der Waals surface area contributed by atoms with Crippen molar-refractivity contribution in [3.05, 3.63) is 39.9 Å². The van der Waals surface area contributed by atoms with Crippen molar-refractivity contribution in [1.82, 2.24) is 5.32 Å². The molecule has 0 aliphatic heterocycles. The fourth-order valence-corrected chi connectivity index (χ4v) is 1.25. The van der Waals surface area contributed by atoms with Crippen LogP contribution in [-0.4, -0.2) is 22.9 Å². The average Bonchev–Trinajstić information content (AvgIpc) is 2.28. The molecule has 1 rings (SSSR count). The molecule has 0 aliphatic carbocycles. The Morgan fingerprint density at radius 1 is 1.47 bits per heavy atom. The molecule has 17 heavy (non-hydrogen) atoms. The van der Waals surface area contributed by atoms with Crippen molar-refractivity contribution in [3.8, 4) is 0 Å². The second-order valence-corrected chi connectivity index (χ2v) is 4.32. The van der Waals surface area contributed by atoms with Crippen LogP contribution in [0.15, 0.2) is 24.3 Å². The summed E-state index contributed by atoms with van der Waals surface area (Å²) in [5.74, 6) is -0.493. The van der Waals surface area contributed by atoms with E-state index in [1.165, 1.54) is 18.2 Å². The van der Waals surface area contributed by atoms with Crippen molar-refractivity contribution in [2.75, 3.05) is 6.54 Å². The first kappa shape index (κ1) is 13.1. The summed E-state index contributed by atoms with van der Waals surface area (Å²) in [7, 11) is 0. The number of rotatable bonds is 4. The van der Waals surface area contributed by atoms with Gasteiger partial charge in [-0.3, -0.25) is 14.9 Å². The van der Waals surface area contributed by atoms with Crippen LogP contribution in [0.1, 0.15) is 24.2 Å². The second kappa shape index (κ2) is 4.92. The van der Waals surface area contributed by atoms with Crippen LogP contribution < -0.4 is 11.1 Å². The number of nitrogens with zero attached hydrogens (tertiary/aromatic N) is 1. The maximum Gasteiger partial charge on any atom is 0.282 e. The van der Waals surface area contributed by atoms with Crippen LogP contribution in [0.5, 0.6) is 0 Å². The van der Waals surface area contributed by atoms with E-state index in [4.69, 9.17) is 5.73 Å². The molecule has 0 bridgehead atoms. The Labute approximate surface area is 99.0 Å². The zero-order valence-corrected chi connectivity index (χ0v) is 9.77. The van der Waals surface area contributed by atoms with Gasteiger partial charge in [0.05, 0.1) is 4.92 Å². The largest absolute Gasteiger partial charge is 0.346 e. The molecular formula is C11H15N3O3. The summed E-state index contributed by atoms with van der Waals surface area (Å²) in [4.78, 5) is 22.1. The number of nitrogens with two attached hydrogens (primary N) is 1. The van der Waals surface area contributed by atoms with Crippen LogP contribution >= 0.6 is 0 Å². The standard InChI is InChI=1S/C11H15N3O3/c1-11(2,7-12)13-10(15)8-5-3-4-6-9(8)14(16)17/h3-6H,7,12H2,1-2H3,(H,13,15). The lowest BCUT2D eigenvalue weighted by Crippen LogP contribution is -2.48. The number of nitro benzene ring substituents is 1. The molecule has 0 aromatic heterocycles. The monoisotopic (exact) mass is 237 g/mol. The van der Waals surface area contributed by atoms with Gasteiger partial charge < -0.3 is 11.1 Å². The summed E-state index contributed by atoms with van der Waals surface area (Å²) in [5.41, 5.74) is 4.72.